The van der Waals surface area contributed by atoms with E-state index in [1.165, 1.54) is 0 Å². The quantitative estimate of drug-likeness (QED) is 0.723. The van der Waals surface area contributed by atoms with E-state index in [4.69, 9.17) is 5.73 Å². The van der Waals surface area contributed by atoms with Crippen LogP contribution < -0.4 is 10.5 Å². The fraction of sp³-hybridized carbons (Fsp3) is 0.538. The summed E-state index contributed by atoms with van der Waals surface area (Å²) >= 11 is 0. The number of aryl methyl sites for hydroxylation is 1. The van der Waals surface area contributed by atoms with Crippen molar-refractivity contribution in [2.45, 2.75) is 43.0 Å². The Balaban J connectivity index is 2.38. The zero-order valence-corrected chi connectivity index (χ0v) is 11.8. The second-order valence-electron chi connectivity index (χ2n) is 5.24. The van der Waals surface area contributed by atoms with Gasteiger partial charge in [0.25, 0.3) is 0 Å². The summed E-state index contributed by atoms with van der Waals surface area (Å²) in [6.07, 6.45) is 3.17. The number of nitrogen functional groups attached to an aromatic ring is 1. The molecule has 0 aliphatic heterocycles. The standard InChI is InChI=1S/C13H20N2O3S/c1-10-5-4-6-11(14)12(10)19(17,18)15-13(9-16)7-2-3-8-13/h4-6,15-16H,2-3,7-9,14H2,1H3. The van der Waals surface area contributed by atoms with Crippen molar-refractivity contribution in [2.24, 2.45) is 0 Å². The molecule has 1 aliphatic rings. The van der Waals surface area contributed by atoms with Crippen molar-refractivity contribution in [3.63, 3.8) is 0 Å². The van der Waals surface area contributed by atoms with Gasteiger partial charge in [-0.1, -0.05) is 25.0 Å². The number of nitrogens with one attached hydrogen (secondary N) is 1. The summed E-state index contributed by atoms with van der Waals surface area (Å²) in [6, 6.07) is 5.01. The summed E-state index contributed by atoms with van der Waals surface area (Å²) in [7, 11) is -3.71. The lowest BCUT2D eigenvalue weighted by Crippen LogP contribution is -2.49. The third-order valence-electron chi connectivity index (χ3n) is 3.73. The van der Waals surface area contributed by atoms with Crippen molar-refractivity contribution in [1.29, 1.82) is 0 Å². The predicted octanol–water partition coefficient (Wildman–Crippen LogP) is 1.16. The van der Waals surface area contributed by atoms with E-state index in [0.717, 1.165) is 12.8 Å². The molecule has 2 rings (SSSR count). The van der Waals surface area contributed by atoms with E-state index in [1.807, 2.05) is 0 Å². The van der Waals surface area contributed by atoms with Gasteiger partial charge in [0.1, 0.15) is 4.90 Å². The molecule has 0 spiro atoms. The Kier molecular flexibility index (Phi) is 3.85. The average Bonchev–Trinajstić information content (AvgIpc) is 2.77. The number of sulfonamides is 1. The van der Waals surface area contributed by atoms with E-state index < -0.39 is 15.6 Å². The summed E-state index contributed by atoms with van der Waals surface area (Å²) in [6.45, 7) is 1.53. The van der Waals surface area contributed by atoms with Gasteiger partial charge in [-0.2, -0.15) is 0 Å². The van der Waals surface area contributed by atoms with Gasteiger partial charge in [0.15, 0.2) is 0 Å². The van der Waals surface area contributed by atoms with Crippen molar-refractivity contribution in [3.05, 3.63) is 23.8 Å². The van der Waals surface area contributed by atoms with Crippen LogP contribution in [0, 0.1) is 6.92 Å². The molecule has 1 aromatic carbocycles. The zero-order valence-electron chi connectivity index (χ0n) is 11.0. The third kappa shape index (κ3) is 2.75. The first-order chi connectivity index (χ1) is 8.90. The van der Waals surface area contributed by atoms with Crippen molar-refractivity contribution >= 4 is 15.7 Å². The van der Waals surface area contributed by atoms with Crippen molar-refractivity contribution in [3.8, 4) is 0 Å². The Bertz CT molecular complexity index is 543. The fourth-order valence-corrected chi connectivity index (χ4v) is 4.53. The molecule has 0 unspecified atom stereocenters. The molecular weight excluding hydrogens is 264 g/mol. The molecule has 106 valence electrons. The second kappa shape index (κ2) is 5.11. The maximum absolute atomic E-state index is 12.5. The Hall–Kier alpha value is -1.11. The monoisotopic (exact) mass is 284 g/mol. The molecule has 0 atom stereocenters. The van der Waals surface area contributed by atoms with Crippen molar-refractivity contribution in [1.82, 2.24) is 4.72 Å². The second-order valence-corrected chi connectivity index (χ2v) is 6.86. The molecule has 0 heterocycles. The molecule has 19 heavy (non-hydrogen) atoms. The number of benzene rings is 1. The summed E-state index contributed by atoms with van der Waals surface area (Å²) in [4.78, 5) is 0.120. The fourth-order valence-electron chi connectivity index (χ4n) is 2.72. The lowest BCUT2D eigenvalue weighted by atomic mass is 10.0. The SMILES string of the molecule is Cc1cccc(N)c1S(=O)(=O)NC1(CO)CCCC1. The maximum atomic E-state index is 12.5. The average molecular weight is 284 g/mol. The molecule has 5 nitrogen and oxygen atoms in total. The van der Waals surface area contributed by atoms with Crippen molar-refractivity contribution in [2.75, 3.05) is 12.3 Å². The van der Waals surface area contributed by atoms with E-state index in [9.17, 15) is 13.5 Å². The summed E-state index contributed by atoms with van der Waals surface area (Å²) in [5.74, 6) is 0. The summed E-state index contributed by atoms with van der Waals surface area (Å²) in [5, 5.41) is 9.51. The van der Waals surface area contributed by atoms with E-state index in [1.54, 1.807) is 25.1 Å². The maximum Gasteiger partial charge on any atom is 0.243 e. The van der Waals surface area contributed by atoms with E-state index in [2.05, 4.69) is 4.72 Å². The van der Waals surface area contributed by atoms with Gasteiger partial charge in [0.05, 0.1) is 17.8 Å². The predicted molar refractivity (Wildman–Crippen MR) is 74.2 cm³/mol. The van der Waals surface area contributed by atoms with Gasteiger partial charge in [-0.05, 0) is 31.4 Å². The highest BCUT2D eigenvalue weighted by Gasteiger charge is 2.38. The molecule has 0 bridgehead atoms. The number of aliphatic hydroxyl groups excluding tert-OH is 1. The van der Waals surface area contributed by atoms with Crippen LogP contribution in [0.5, 0.6) is 0 Å². The molecule has 1 saturated carbocycles. The van der Waals surface area contributed by atoms with Crippen LogP contribution in [0.1, 0.15) is 31.2 Å². The highest BCUT2D eigenvalue weighted by Crippen LogP contribution is 2.32. The highest BCUT2D eigenvalue weighted by molar-refractivity contribution is 7.89. The molecule has 0 saturated heterocycles. The smallest absolute Gasteiger partial charge is 0.243 e. The molecule has 4 N–H and O–H groups in total. The molecule has 6 heteroatoms. The van der Waals surface area contributed by atoms with Gasteiger partial charge in [0.2, 0.25) is 10.0 Å². The van der Waals surface area contributed by atoms with Gasteiger partial charge >= 0.3 is 0 Å². The Morgan fingerprint density at radius 2 is 2.00 bits per heavy atom. The Morgan fingerprint density at radius 3 is 2.53 bits per heavy atom. The van der Waals surface area contributed by atoms with Gasteiger partial charge in [-0.25, -0.2) is 13.1 Å². The number of anilines is 1. The number of hydrogen-bond acceptors (Lipinski definition) is 4. The topological polar surface area (TPSA) is 92.4 Å². The minimum Gasteiger partial charge on any atom is -0.398 e. The van der Waals surface area contributed by atoms with Crippen LogP contribution in [0.4, 0.5) is 5.69 Å². The number of aliphatic hydroxyl groups is 1. The molecular formula is C13H20N2O3S. The molecule has 0 amide bonds. The van der Waals surface area contributed by atoms with Gasteiger partial charge < -0.3 is 10.8 Å². The number of rotatable bonds is 4. The molecule has 0 aromatic heterocycles. The molecule has 1 aliphatic carbocycles. The molecule has 1 fully saturated rings. The zero-order chi connectivity index (χ0) is 14.1. The first-order valence-electron chi connectivity index (χ1n) is 6.40. The normalized spacial score (nSPS) is 18.6. The lowest BCUT2D eigenvalue weighted by Gasteiger charge is -2.28. The molecule has 1 aromatic rings. The van der Waals surface area contributed by atoms with Crippen LogP contribution in [-0.2, 0) is 10.0 Å². The highest BCUT2D eigenvalue weighted by atomic mass is 32.2. The largest absolute Gasteiger partial charge is 0.398 e. The van der Waals surface area contributed by atoms with Crippen LogP contribution in [0.2, 0.25) is 0 Å². The van der Waals surface area contributed by atoms with Crippen LogP contribution in [0.3, 0.4) is 0 Å². The Labute approximate surface area is 113 Å². The third-order valence-corrected chi connectivity index (χ3v) is 5.52. The van der Waals surface area contributed by atoms with Crippen LogP contribution in [0.15, 0.2) is 23.1 Å². The summed E-state index contributed by atoms with van der Waals surface area (Å²) < 4.78 is 27.6. The van der Waals surface area contributed by atoms with Crippen LogP contribution in [-0.4, -0.2) is 25.7 Å². The number of nitrogens with two attached hydrogens (primary N) is 1. The summed E-state index contributed by atoms with van der Waals surface area (Å²) in [5.41, 5.74) is 5.90. The van der Waals surface area contributed by atoms with E-state index in [-0.39, 0.29) is 17.2 Å². The first kappa shape index (κ1) is 14.3. The van der Waals surface area contributed by atoms with Crippen LogP contribution in [0.25, 0.3) is 0 Å². The minimum atomic E-state index is -3.71. The van der Waals surface area contributed by atoms with Crippen molar-refractivity contribution < 1.29 is 13.5 Å². The van der Waals surface area contributed by atoms with Gasteiger partial charge in [-0.3, -0.25) is 0 Å². The van der Waals surface area contributed by atoms with Gasteiger partial charge in [0, 0.05) is 0 Å². The van der Waals surface area contributed by atoms with Gasteiger partial charge in [-0.15, -0.1) is 0 Å². The molecule has 0 radical (unpaired) electrons. The Morgan fingerprint density at radius 1 is 1.37 bits per heavy atom. The van der Waals surface area contributed by atoms with Crippen LogP contribution >= 0.6 is 0 Å². The van der Waals surface area contributed by atoms with E-state index in [0.29, 0.717) is 18.4 Å². The first-order valence-corrected chi connectivity index (χ1v) is 7.88. The minimum absolute atomic E-state index is 0.120. The lowest BCUT2D eigenvalue weighted by molar-refractivity contribution is 0.185. The number of hydrogen-bond donors (Lipinski definition) is 3. The van der Waals surface area contributed by atoms with E-state index >= 15 is 0 Å².